The first-order valence-corrected chi connectivity index (χ1v) is 7.39. The molecule has 0 amide bonds. The lowest BCUT2D eigenvalue weighted by Gasteiger charge is -2.27. The fourth-order valence-corrected chi connectivity index (χ4v) is 2.94. The van der Waals surface area contributed by atoms with E-state index in [1.807, 2.05) is 19.3 Å². The van der Waals surface area contributed by atoms with E-state index < -0.39 is 0 Å². The lowest BCUT2D eigenvalue weighted by molar-refractivity contribution is 0.160. The Labute approximate surface area is 119 Å². The van der Waals surface area contributed by atoms with E-state index in [1.54, 1.807) is 0 Å². The SMILES string of the molecule is Cc1cc(C2CCCCCN2Cc2ccncc2)on1. The van der Waals surface area contributed by atoms with Gasteiger partial charge in [-0.3, -0.25) is 9.88 Å². The van der Waals surface area contributed by atoms with Crippen molar-refractivity contribution in [3.8, 4) is 0 Å². The normalized spacial score (nSPS) is 20.8. The molecule has 4 nitrogen and oxygen atoms in total. The van der Waals surface area contributed by atoms with E-state index in [9.17, 15) is 0 Å². The third kappa shape index (κ3) is 3.07. The van der Waals surface area contributed by atoms with Crippen LogP contribution in [0.25, 0.3) is 0 Å². The first-order chi connectivity index (χ1) is 9.83. The predicted molar refractivity (Wildman–Crippen MR) is 77.1 cm³/mol. The third-order valence-electron chi connectivity index (χ3n) is 3.97. The second kappa shape index (κ2) is 6.18. The smallest absolute Gasteiger partial charge is 0.154 e. The van der Waals surface area contributed by atoms with Gasteiger partial charge in [-0.1, -0.05) is 18.0 Å². The average molecular weight is 271 g/mol. The zero-order valence-corrected chi connectivity index (χ0v) is 12.0. The van der Waals surface area contributed by atoms with Crippen molar-refractivity contribution in [1.29, 1.82) is 0 Å². The molecule has 4 heteroatoms. The molecule has 106 valence electrons. The first kappa shape index (κ1) is 13.3. The van der Waals surface area contributed by atoms with Crippen molar-refractivity contribution >= 4 is 0 Å². The van der Waals surface area contributed by atoms with Crippen molar-refractivity contribution in [2.75, 3.05) is 6.54 Å². The number of pyridine rings is 1. The highest BCUT2D eigenvalue weighted by molar-refractivity contribution is 5.12. The van der Waals surface area contributed by atoms with E-state index in [-0.39, 0.29) is 0 Å². The van der Waals surface area contributed by atoms with E-state index >= 15 is 0 Å². The summed E-state index contributed by atoms with van der Waals surface area (Å²) in [5.74, 6) is 1.01. The topological polar surface area (TPSA) is 42.2 Å². The Hall–Kier alpha value is -1.68. The fraction of sp³-hybridized carbons (Fsp3) is 0.500. The molecule has 1 unspecified atom stereocenters. The maximum atomic E-state index is 5.52. The Kier molecular flexibility index (Phi) is 4.11. The monoisotopic (exact) mass is 271 g/mol. The van der Waals surface area contributed by atoms with Crippen LogP contribution in [0.15, 0.2) is 35.1 Å². The molecule has 0 radical (unpaired) electrons. The second-order valence-electron chi connectivity index (χ2n) is 5.56. The molecule has 1 aliphatic heterocycles. The molecule has 2 aromatic heterocycles. The Morgan fingerprint density at radius 1 is 1.25 bits per heavy atom. The molecule has 2 aromatic rings. The van der Waals surface area contributed by atoms with Crippen LogP contribution in [0.3, 0.4) is 0 Å². The third-order valence-corrected chi connectivity index (χ3v) is 3.97. The Bertz CT molecular complexity index is 538. The Balaban J connectivity index is 1.80. The van der Waals surface area contributed by atoms with Gasteiger partial charge in [-0.15, -0.1) is 0 Å². The van der Waals surface area contributed by atoms with Gasteiger partial charge in [0.15, 0.2) is 5.76 Å². The van der Waals surface area contributed by atoms with Crippen LogP contribution in [0, 0.1) is 6.92 Å². The van der Waals surface area contributed by atoms with Crippen molar-refractivity contribution in [2.45, 2.75) is 45.2 Å². The Morgan fingerprint density at radius 3 is 2.85 bits per heavy atom. The van der Waals surface area contributed by atoms with Gasteiger partial charge in [0.25, 0.3) is 0 Å². The molecule has 1 aliphatic rings. The van der Waals surface area contributed by atoms with Crippen LogP contribution in [-0.4, -0.2) is 21.6 Å². The second-order valence-corrected chi connectivity index (χ2v) is 5.56. The minimum Gasteiger partial charge on any atom is -0.359 e. The predicted octanol–water partition coefficient (Wildman–Crippen LogP) is 3.50. The number of likely N-dealkylation sites (tertiary alicyclic amines) is 1. The molecule has 20 heavy (non-hydrogen) atoms. The molecular formula is C16H21N3O. The number of nitrogens with zero attached hydrogens (tertiary/aromatic N) is 3. The van der Waals surface area contributed by atoms with Crippen molar-refractivity contribution < 1.29 is 4.52 Å². The summed E-state index contributed by atoms with van der Waals surface area (Å²) >= 11 is 0. The van der Waals surface area contributed by atoms with E-state index in [4.69, 9.17) is 4.52 Å². The molecule has 0 aliphatic carbocycles. The van der Waals surface area contributed by atoms with E-state index in [0.717, 1.165) is 31.0 Å². The van der Waals surface area contributed by atoms with Gasteiger partial charge in [-0.25, -0.2) is 0 Å². The van der Waals surface area contributed by atoms with Crippen molar-refractivity contribution in [3.63, 3.8) is 0 Å². The minimum atomic E-state index is 0.354. The molecule has 0 saturated carbocycles. The summed E-state index contributed by atoms with van der Waals surface area (Å²) in [6.07, 6.45) is 8.70. The quantitative estimate of drug-likeness (QED) is 0.857. The molecule has 3 rings (SSSR count). The fourth-order valence-electron chi connectivity index (χ4n) is 2.94. The maximum absolute atomic E-state index is 5.52. The largest absolute Gasteiger partial charge is 0.359 e. The van der Waals surface area contributed by atoms with Gasteiger partial charge >= 0.3 is 0 Å². The molecule has 0 spiro atoms. The van der Waals surface area contributed by atoms with Crippen LogP contribution < -0.4 is 0 Å². The highest BCUT2D eigenvalue weighted by atomic mass is 16.5. The lowest BCUT2D eigenvalue weighted by atomic mass is 10.1. The molecule has 3 heterocycles. The zero-order valence-electron chi connectivity index (χ0n) is 12.0. The van der Waals surface area contributed by atoms with E-state index in [1.165, 1.54) is 24.8 Å². The van der Waals surface area contributed by atoms with Gasteiger partial charge in [0, 0.05) is 25.0 Å². The van der Waals surface area contributed by atoms with Gasteiger partial charge in [0.1, 0.15) is 0 Å². The summed E-state index contributed by atoms with van der Waals surface area (Å²) in [5.41, 5.74) is 2.27. The van der Waals surface area contributed by atoms with Gasteiger partial charge in [-0.2, -0.15) is 0 Å². The molecule has 0 aromatic carbocycles. The van der Waals surface area contributed by atoms with E-state index in [0.29, 0.717) is 6.04 Å². The van der Waals surface area contributed by atoms with Crippen molar-refractivity contribution in [2.24, 2.45) is 0 Å². The number of hydrogen-bond donors (Lipinski definition) is 0. The summed E-state index contributed by atoms with van der Waals surface area (Å²) in [6.45, 7) is 4.05. The molecule has 0 bridgehead atoms. The number of aromatic nitrogens is 2. The molecule has 1 saturated heterocycles. The van der Waals surface area contributed by atoms with Crippen LogP contribution >= 0.6 is 0 Å². The van der Waals surface area contributed by atoms with Crippen molar-refractivity contribution in [1.82, 2.24) is 15.0 Å². The van der Waals surface area contributed by atoms with Gasteiger partial charge in [0.05, 0.1) is 11.7 Å². The summed E-state index contributed by atoms with van der Waals surface area (Å²) in [6, 6.07) is 6.61. The van der Waals surface area contributed by atoms with Crippen LogP contribution in [0.2, 0.25) is 0 Å². The average Bonchev–Trinajstić information content (AvgIpc) is 2.76. The lowest BCUT2D eigenvalue weighted by Crippen LogP contribution is -2.27. The van der Waals surface area contributed by atoms with Crippen LogP contribution in [0.5, 0.6) is 0 Å². The number of rotatable bonds is 3. The first-order valence-electron chi connectivity index (χ1n) is 7.39. The highest BCUT2D eigenvalue weighted by Gasteiger charge is 2.25. The molecule has 1 atom stereocenters. The van der Waals surface area contributed by atoms with Gasteiger partial charge < -0.3 is 4.52 Å². The summed E-state index contributed by atoms with van der Waals surface area (Å²) < 4.78 is 5.52. The zero-order chi connectivity index (χ0) is 13.8. The molecule has 0 N–H and O–H groups in total. The summed E-state index contributed by atoms with van der Waals surface area (Å²) in [5, 5.41) is 4.05. The highest BCUT2D eigenvalue weighted by Crippen LogP contribution is 2.31. The van der Waals surface area contributed by atoms with Crippen LogP contribution in [0.1, 0.15) is 48.7 Å². The maximum Gasteiger partial charge on any atom is 0.154 e. The number of aryl methyl sites for hydroxylation is 1. The van der Waals surface area contributed by atoms with Crippen molar-refractivity contribution in [3.05, 3.63) is 47.6 Å². The standard InChI is InChI=1S/C16H21N3O/c1-13-11-16(20-18-13)15-5-3-2-4-10-19(15)12-14-6-8-17-9-7-14/h6-9,11,15H,2-5,10,12H2,1H3. The summed E-state index contributed by atoms with van der Waals surface area (Å²) in [4.78, 5) is 6.61. The van der Waals surface area contributed by atoms with Crippen LogP contribution in [0.4, 0.5) is 0 Å². The minimum absolute atomic E-state index is 0.354. The number of hydrogen-bond acceptors (Lipinski definition) is 4. The van der Waals surface area contributed by atoms with Gasteiger partial charge in [0.2, 0.25) is 0 Å². The van der Waals surface area contributed by atoms with Gasteiger partial charge in [-0.05, 0) is 44.0 Å². The van der Waals surface area contributed by atoms with E-state index in [2.05, 4.69) is 33.2 Å². The van der Waals surface area contributed by atoms with Crippen LogP contribution in [-0.2, 0) is 6.54 Å². The Morgan fingerprint density at radius 2 is 2.10 bits per heavy atom. The molecule has 1 fully saturated rings. The summed E-state index contributed by atoms with van der Waals surface area (Å²) in [7, 11) is 0. The molecular weight excluding hydrogens is 250 g/mol.